The molecule has 3 rings (SSSR count). The number of urea groups is 1. The maximum Gasteiger partial charge on any atom is 0.344 e. The third-order valence-electron chi connectivity index (χ3n) is 5.24. The highest BCUT2D eigenvalue weighted by Gasteiger charge is 2.49. The average Bonchev–Trinajstić information content (AvgIpc) is 2.91. The fraction of sp³-hybridized carbons (Fsp3) is 0.348. The fourth-order valence-electron chi connectivity index (χ4n) is 3.32. The Kier molecular flexibility index (Phi) is 5.46. The summed E-state index contributed by atoms with van der Waals surface area (Å²) in [6.45, 7) is 8.08. The lowest BCUT2D eigenvalue weighted by atomic mass is 9.86. The summed E-state index contributed by atoms with van der Waals surface area (Å²) in [5, 5.41) is 3.44. The van der Waals surface area contributed by atoms with Crippen LogP contribution in [0.1, 0.15) is 50.8 Å². The molecule has 29 heavy (non-hydrogen) atoms. The summed E-state index contributed by atoms with van der Waals surface area (Å²) < 4.78 is 0. The predicted octanol–water partition coefficient (Wildman–Crippen LogP) is 3.42. The first kappa shape index (κ1) is 20.6. The maximum atomic E-state index is 12.8. The van der Waals surface area contributed by atoms with Gasteiger partial charge < -0.3 is 5.32 Å². The van der Waals surface area contributed by atoms with Crippen molar-refractivity contribution in [3.05, 3.63) is 71.3 Å². The molecule has 1 unspecified atom stereocenters. The first-order valence-electron chi connectivity index (χ1n) is 9.72. The molecule has 6 heteroatoms. The number of imide groups is 1. The lowest BCUT2D eigenvalue weighted by molar-refractivity contribution is -0.138. The molecule has 4 amide bonds. The second-order valence-electron chi connectivity index (χ2n) is 8.54. The normalized spacial score (nSPS) is 19.2. The molecule has 0 saturated carbocycles. The fourth-order valence-corrected chi connectivity index (χ4v) is 3.32. The Morgan fingerprint density at radius 1 is 1.03 bits per heavy atom. The minimum Gasteiger partial charge on any atom is -0.318 e. The number of hydrazine groups is 1. The Morgan fingerprint density at radius 3 is 2.24 bits per heavy atom. The lowest BCUT2D eigenvalue weighted by Gasteiger charge is -2.22. The van der Waals surface area contributed by atoms with Gasteiger partial charge in [0.25, 0.3) is 5.91 Å². The van der Waals surface area contributed by atoms with Crippen molar-refractivity contribution in [1.29, 1.82) is 0 Å². The van der Waals surface area contributed by atoms with E-state index in [1.165, 1.54) is 5.56 Å². The van der Waals surface area contributed by atoms with Crippen LogP contribution in [0.4, 0.5) is 4.79 Å². The maximum absolute atomic E-state index is 12.8. The first-order valence-corrected chi connectivity index (χ1v) is 9.72. The minimum absolute atomic E-state index is 0.0742. The largest absolute Gasteiger partial charge is 0.344 e. The third-order valence-corrected chi connectivity index (χ3v) is 5.24. The quantitative estimate of drug-likeness (QED) is 0.764. The monoisotopic (exact) mass is 393 g/mol. The highest BCUT2D eigenvalue weighted by atomic mass is 16.2. The number of nitrogens with zero attached hydrogens (tertiary/aromatic N) is 1. The molecule has 1 fully saturated rings. The van der Waals surface area contributed by atoms with Gasteiger partial charge in [0.2, 0.25) is 5.91 Å². The first-order chi connectivity index (χ1) is 13.6. The van der Waals surface area contributed by atoms with Crippen LogP contribution in [0, 0.1) is 0 Å². The van der Waals surface area contributed by atoms with Gasteiger partial charge in [-0.05, 0) is 35.4 Å². The number of benzene rings is 2. The topological polar surface area (TPSA) is 78.5 Å². The summed E-state index contributed by atoms with van der Waals surface area (Å²) in [5.41, 5.74) is 4.23. The van der Waals surface area contributed by atoms with Crippen LogP contribution in [0.3, 0.4) is 0 Å². The zero-order valence-electron chi connectivity index (χ0n) is 17.3. The number of nitrogens with one attached hydrogen (secondary N) is 2. The Labute approximate surface area is 171 Å². The number of amides is 4. The summed E-state index contributed by atoms with van der Waals surface area (Å²) in [5.74, 6) is -0.887. The molecule has 0 spiro atoms. The van der Waals surface area contributed by atoms with Gasteiger partial charge in [0.15, 0.2) is 0 Å². The Morgan fingerprint density at radius 2 is 1.66 bits per heavy atom. The molecule has 1 aliphatic heterocycles. The number of rotatable bonds is 5. The van der Waals surface area contributed by atoms with Crippen LogP contribution in [0.15, 0.2) is 54.6 Å². The molecule has 1 saturated heterocycles. The molecule has 1 aliphatic rings. The Hall–Kier alpha value is -3.15. The van der Waals surface area contributed by atoms with E-state index in [0.29, 0.717) is 12.0 Å². The van der Waals surface area contributed by atoms with Gasteiger partial charge in [-0.1, -0.05) is 75.4 Å². The standard InChI is InChI=1S/C23H27N3O3/c1-22(2,3)17-13-10-16(11-14-17)12-15-19(27)25-26-20(28)23(4,24-21(26)29)18-8-6-5-7-9-18/h5-11,13-14H,12,15H2,1-4H3,(H,24,29)(H,25,27). The van der Waals surface area contributed by atoms with Crippen molar-refractivity contribution in [2.24, 2.45) is 0 Å². The van der Waals surface area contributed by atoms with Crippen LogP contribution in [0.2, 0.25) is 0 Å². The molecular formula is C23H27N3O3. The van der Waals surface area contributed by atoms with E-state index in [1.807, 2.05) is 18.2 Å². The van der Waals surface area contributed by atoms with Gasteiger partial charge in [0.1, 0.15) is 5.54 Å². The van der Waals surface area contributed by atoms with Gasteiger partial charge in [-0.2, -0.15) is 5.01 Å². The molecule has 2 aromatic rings. The lowest BCUT2D eigenvalue weighted by Crippen LogP contribution is -2.48. The second-order valence-corrected chi connectivity index (χ2v) is 8.54. The van der Waals surface area contributed by atoms with Gasteiger partial charge in [-0.25, -0.2) is 4.79 Å². The van der Waals surface area contributed by atoms with Gasteiger partial charge >= 0.3 is 6.03 Å². The van der Waals surface area contributed by atoms with Crippen molar-refractivity contribution in [3.63, 3.8) is 0 Å². The molecule has 1 heterocycles. The van der Waals surface area contributed by atoms with Crippen molar-refractivity contribution in [1.82, 2.24) is 15.8 Å². The van der Waals surface area contributed by atoms with Gasteiger partial charge in [-0.15, -0.1) is 0 Å². The van der Waals surface area contributed by atoms with Gasteiger partial charge in [-0.3, -0.25) is 15.0 Å². The molecule has 0 bridgehead atoms. The Balaban J connectivity index is 1.61. The number of hydrogen-bond acceptors (Lipinski definition) is 3. The Bertz CT molecular complexity index is 917. The molecular weight excluding hydrogens is 366 g/mol. The van der Waals surface area contributed by atoms with Crippen molar-refractivity contribution in [3.8, 4) is 0 Å². The van der Waals surface area contributed by atoms with E-state index in [-0.39, 0.29) is 17.7 Å². The zero-order valence-corrected chi connectivity index (χ0v) is 17.3. The number of carbonyl (C=O) groups is 3. The highest BCUT2D eigenvalue weighted by molar-refractivity contribution is 6.08. The molecule has 1 atom stereocenters. The van der Waals surface area contributed by atoms with E-state index in [1.54, 1.807) is 31.2 Å². The van der Waals surface area contributed by atoms with E-state index in [0.717, 1.165) is 10.6 Å². The highest BCUT2D eigenvalue weighted by Crippen LogP contribution is 2.27. The third kappa shape index (κ3) is 4.31. The summed E-state index contributed by atoms with van der Waals surface area (Å²) in [6.07, 6.45) is 0.698. The summed E-state index contributed by atoms with van der Waals surface area (Å²) in [4.78, 5) is 37.5. The van der Waals surface area contributed by atoms with Gasteiger partial charge in [0.05, 0.1) is 0 Å². The number of carbonyl (C=O) groups excluding carboxylic acids is 3. The minimum atomic E-state index is -1.20. The predicted molar refractivity (Wildman–Crippen MR) is 111 cm³/mol. The van der Waals surface area contributed by atoms with Crippen LogP contribution in [0.25, 0.3) is 0 Å². The molecule has 2 aromatic carbocycles. The molecule has 0 radical (unpaired) electrons. The van der Waals surface area contributed by atoms with E-state index in [4.69, 9.17) is 0 Å². The van der Waals surface area contributed by atoms with Crippen molar-refractivity contribution < 1.29 is 14.4 Å². The van der Waals surface area contributed by atoms with Crippen LogP contribution in [-0.4, -0.2) is 22.9 Å². The summed E-state index contributed by atoms with van der Waals surface area (Å²) in [7, 11) is 0. The van der Waals surface area contributed by atoms with Crippen LogP contribution < -0.4 is 10.7 Å². The summed E-state index contributed by atoms with van der Waals surface area (Å²) >= 11 is 0. The van der Waals surface area contributed by atoms with Crippen LogP contribution in [-0.2, 0) is 27.0 Å². The van der Waals surface area contributed by atoms with Gasteiger partial charge in [0, 0.05) is 6.42 Å². The number of aryl methyl sites for hydroxylation is 1. The molecule has 152 valence electrons. The number of hydrogen-bond donors (Lipinski definition) is 2. The zero-order chi connectivity index (χ0) is 21.2. The molecule has 0 aliphatic carbocycles. The van der Waals surface area contributed by atoms with Crippen molar-refractivity contribution in [2.45, 2.75) is 51.5 Å². The van der Waals surface area contributed by atoms with Crippen molar-refractivity contribution in [2.75, 3.05) is 0 Å². The molecule has 6 nitrogen and oxygen atoms in total. The van der Waals surface area contributed by atoms with E-state index >= 15 is 0 Å². The van der Waals surface area contributed by atoms with E-state index < -0.39 is 17.5 Å². The van der Waals surface area contributed by atoms with Crippen LogP contribution >= 0.6 is 0 Å². The smallest absolute Gasteiger partial charge is 0.318 e. The molecule has 0 aromatic heterocycles. The SMILES string of the molecule is CC(C)(C)c1ccc(CCC(=O)NN2C(=O)NC(C)(c3ccccc3)C2=O)cc1. The van der Waals surface area contributed by atoms with Crippen molar-refractivity contribution >= 4 is 17.8 Å². The van der Waals surface area contributed by atoms with E-state index in [2.05, 4.69) is 43.6 Å². The second kappa shape index (κ2) is 7.70. The molecule has 2 N–H and O–H groups in total. The average molecular weight is 393 g/mol. The van der Waals surface area contributed by atoms with E-state index in [9.17, 15) is 14.4 Å². The van der Waals surface area contributed by atoms with Crippen LogP contribution in [0.5, 0.6) is 0 Å². The summed E-state index contributed by atoms with van der Waals surface area (Å²) in [6, 6.07) is 16.5.